The Morgan fingerprint density at radius 1 is 1.41 bits per heavy atom. The number of nitrogens with zero attached hydrogens (tertiary/aromatic N) is 1. The quantitative estimate of drug-likeness (QED) is 0.862. The minimum Gasteiger partial charge on any atom is -0.354 e. The lowest BCUT2D eigenvalue weighted by Crippen LogP contribution is -2.36. The number of hydrogen-bond acceptors (Lipinski definition) is 2. The monoisotopic (exact) mass is 230 g/mol. The molecule has 0 aromatic heterocycles. The van der Waals surface area contributed by atoms with Gasteiger partial charge in [-0.1, -0.05) is 38.1 Å². The highest BCUT2D eigenvalue weighted by molar-refractivity contribution is 5.78. The van der Waals surface area contributed by atoms with E-state index >= 15 is 0 Å². The summed E-state index contributed by atoms with van der Waals surface area (Å²) in [4.78, 5) is 11.3. The third-order valence-corrected chi connectivity index (χ3v) is 2.84. The van der Waals surface area contributed by atoms with Crippen LogP contribution in [0.5, 0.6) is 0 Å². The van der Waals surface area contributed by atoms with Gasteiger partial charge in [-0.2, -0.15) is 5.26 Å². The van der Waals surface area contributed by atoms with Crippen molar-refractivity contribution in [2.45, 2.75) is 32.6 Å². The van der Waals surface area contributed by atoms with Crippen molar-refractivity contribution in [3.05, 3.63) is 35.4 Å². The van der Waals surface area contributed by atoms with E-state index in [9.17, 15) is 4.79 Å². The van der Waals surface area contributed by atoms with Crippen LogP contribution >= 0.6 is 0 Å². The zero-order valence-electron chi connectivity index (χ0n) is 10.6. The minimum atomic E-state index is -0.214. The van der Waals surface area contributed by atoms with Gasteiger partial charge < -0.3 is 5.32 Å². The van der Waals surface area contributed by atoms with Crippen molar-refractivity contribution in [3.63, 3.8) is 0 Å². The first-order valence-electron chi connectivity index (χ1n) is 5.67. The molecule has 1 amide bonds. The molecule has 0 saturated heterocycles. The fourth-order valence-corrected chi connectivity index (χ4v) is 1.88. The van der Waals surface area contributed by atoms with Gasteiger partial charge in [0.2, 0.25) is 5.91 Å². The van der Waals surface area contributed by atoms with E-state index in [1.165, 1.54) is 11.1 Å². The highest BCUT2D eigenvalue weighted by Gasteiger charge is 2.22. The fraction of sp³-hybridized carbons (Fsp3) is 0.429. The summed E-state index contributed by atoms with van der Waals surface area (Å²) in [7, 11) is 0. The van der Waals surface area contributed by atoms with Crippen LogP contribution in [-0.4, -0.2) is 12.5 Å². The summed E-state index contributed by atoms with van der Waals surface area (Å²) in [5, 5.41) is 11.2. The second-order valence-corrected chi connectivity index (χ2v) is 4.81. The maximum absolute atomic E-state index is 11.3. The van der Waals surface area contributed by atoms with E-state index in [2.05, 4.69) is 38.2 Å². The molecule has 17 heavy (non-hydrogen) atoms. The molecule has 0 saturated carbocycles. The van der Waals surface area contributed by atoms with Crippen LogP contribution in [0.4, 0.5) is 0 Å². The van der Waals surface area contributed by atoms with Crippen LogP contribution in [0.3, 0.4) is 0 Å². The van der Waals surface area contributed by atoms with E-state index in [0.29, 0.717) is 6.54 Å². The van der Waals surface area contributed by atoms with Crippen LogP contribution in [-0.2, 0) is 10.2 Å². The SMILES string of the molecule is Cc1ccccc1C(C)(C)CNC(=O)CC#N. The average molecular weight is 230 g/mol. The van der Waals surface area contributed by atoms with Crippen LogP contribution in [0.25, 0.3) is 0 Å². The summed E-state index contributed by atoms with van der Waals surface area (Å²) >= 11 is 0. The van der Waals surface area contributed by atoms with Crippen molar-refractivity contribution in [1.82, 2.24) is 5.32 Å². The summed E-state index contributed by atoms with van der Waals surface area (Å²) in [5.41, 5.74) is 2.31. The molecule has 3 nitrogen and oxygen atoms in total. The highest BCUT2D eigenvalue weighted by Crippen LogP contribution is 2.25. The van der Waals surface area contributed by atoms with Crippen molar-refractivity contribution >= 4 is 5.91 Å². The Balaban J connectivity index is 2.73. The van der Waals surface area contributed by atoms with Gasteiger partial charge in [-0.15, -0.1) is 0 Å². The summed E-state index contributed by atoms with van der Waals surface area (Å²) in [6.45, 7) is 6.77. The molecule has 0 radical (unpaired) electrons. The number of rotatable bonds is 4. The maximum atomic E-state index is 11.3. The van der Waals surface area contributed by atoms with Crippen molar-refractivity contribution in [1.29, 1.82) is 5.26 Å². The van der Waals surface area contributed by atoms with Gasteiger partial charge in [0, 0.05) is 12.0 Å². The maximum Gasteiger partial charge on any atom is 0.234 e. The number of carbonyl (C=O) groups is 1. The van der Waals surface area contributed by atoms with Crippen molar-refractivity contribution in [2.75, 3.05) is 6.54 Å². The molecular formula is C14H18N2O. The summed E-state index contributed by atoms with van der Waals surface area (Å²) < 4.78 is 0. The molecule has 0 bridgehead atoms. The van der Waals surface area contributed by atoms with Gasteiger partial charge in [0.25, 0.3) is 0 Å². The first-order chi connectivity index (χ1) is 7.97. The number of benzene rings is 1. The molecule has 0 aliphatic carbocycles. The minimum absolute atomic E-state index is 0.0795. The Kier molecular flexibility index (Phi) is 4.28. The van der Waals surface area contributed by atoms with Crippen molar-refractivity contribution < 1.29 is 4.79 Å². The molecule has 1 aromatic rings. The van der Waals surface area contributed by atoms with Crippen LogP contribution in [0.1, 0.15) is 31.4 Å². The molecule has 0 aliphatic rings. The van der Waals surface area contributed by atoms with Crippen molar-refractivity contribution in [3.8, 4) is 6.07 Å². The first-order valence-corrected chi connectivity index (χ1v) is 5.67. The smallest absolute Gasteiger partial charge is 0.234 e. The molecule has 0 heterocycles. The number of carbonyl (C=O) groups excluding carboxylic acids is 1. The lowest BCUT2D eigenvalue weighted by atomic mass is 9.82. The second kappa shape index (κ2) is 5.49. The standard InChI is InChI=1S/C14H18N2O/c1-11-6-4-5-7-12(11)14(2,3)10-16-13(17)8-9-15/h4-7H,8,10H2,1-3H3,(H,16,17). The number of hydrogen-bond donors (Lipinski definition) is 1. The largest absolute Gasteiger partial charge is 0.354 e. The van der Waals surface area contributed by atoms with Gasteiger partial charge in [-0.25, -0.2) is 0 Å². The van der Waals surface area contributed by atoms with Gasteiger partial charge in [-0.05, 0) is 18.1 Å². The molecule has 0 fully saturated rings. The van der Waals surface area contributed by atoms with E-state index in [0.717, 1.165) is 0 Å². The van der Waals surface area contributed by atoms with Crippen LogP contribution in [0.15, 0.2) is 24.3 Å². The Bertz CT molecular complexity index is 444. The Hall–Kier alpha value is -1.82. The molecule has 3 heteroatoms. The number of nitriles is 1. The van der Waals surface area contributed by atoms with Crippen LogP contribution in [0, 0.1) is 18.3 Å². The van der Waals surface area contributed by atoms with E-state index < -0.39 is 0 Å². The molecular weight excluding hydrogens is 212 g/mol. The topological polar surface area (TPSA) is 52.9 Å². The molecule has 0 spiro atoms. The Morgan fingerprint density at radius 3 is 2.65 bits per heavy atom. The third kappa shape index (κ3) is 3.60. The number of amides is 1. The molecule has 90 valence electrons. The predicted octanol–water partition coefficient (Wildman–Crippen LogP) is 2.30. The van der Waals surface area contributed by atoms with Gasteiger partial charge in [0.1, 0.15) is 6.42 Å². The van der Waals surface area contributed by atoms with Crippen LogP contribution in [0.2, 0.25) is 0 Å². The Morgan fingerprint density at radius 2 is 2.06 bits per heavy atom. The zero-order chi connectivity index (χ0) is 12.9. The molecule has 1 aromatic carbocycles. The summed E-state index contributed by atoms with van der Waals surface area (Å²) in [5.74, 6) is -0.214. The van der Waals surface area contributed by atoms with E-state index in [-0.39, 0.29) is 17.7 Å². The van der Waals surface area contributed by atoms with Crippen LogP contribution < -0.4 is 5.32 Å². The summed E-state index contributed by atoms with van der Waals surface area (Å²) in [6.07, 6.45) is -0.0795. The van der Waals surface area contributed by atoms with Gasteiger partial charge >= 0.3 is 0 Å². The normalized spacial score (nSPS) is 10.7. The fourth-order valence-electron chi connectivity index (χ4n) is 1.88. The highest BCUT2D eigenvalue weighted by atomic mass is 16.1. The average Bonchev–Trinajstić information content (AvgIpc) is 2.27. The molecule has 0 atom stereocenters. The zero-order valence-corrected chi connectivity index (χ0v) is 10.6. The third-order valence-electron chi connectivity index (χ3n) is 2.84. The predicted molar refractivity (Wildman–Crippen MR) is 67.4 cm³/mol. The molecule has 0 unspecified atom stereocenters. The van der Waals surface area contributed by atoms with Gasteiger partial charge in [0.15, 0.2) is 0 Å². The molecule has 1 rings (SSSR count). The lowest BCUT2D eigenvalue weighted by Gasteiger charge is -2.27. The van der Waals surface area contributed by atoms with E-state index in [4.69, 9.17) is 5.26 Å². The van der Waals surface area contributed by atoms with Crippen molar-refractivity contribution in [2.24, 2.45) is 0 Å². The second-order valence-electron chi connectivity index (χ2n) is 4.81. The van der Waals surface area contributed by atoms with Gasteiger partial charge in [-0.3, -0.25) is 4.79 Å². The number of nitrogens with one attached hydrogen (secondary N) is 1. The Labute approximate surface area is 102 Å². The molecule has 1 N–H and O–H groups in total. The van der Waals surface area contributed by atoms with E-state index in [1.807, 2.05) is 18.2 Å². The van der Waals surface area contributed by atoms with Gasteiger partial charge in [0.05, 0.1) is 6.07 Å². The summed E-state index contributed by atoms with van der Waals surface area (Å²) in [6, 6.07) is 9.99. The van der Waals surface area contributed by atoms with E-state index in [1.54, 1.807) is 0 Å². The molecule has 0 aliphatic heterocycles. The lowest BCUT2D eigenvalue weighted by molar-refractivity contribution is -0.120. The number of aryl methyl sites for hydroxylation is 1. The first kappa shape index (κ1) is 13.2.